The number of carbonyl (C=O) groups excluding carboxylic acids is 2. The fourth-order valence-corrected chi connectivity index (χ4v) is 4.73. The Labute approximate surface area is 203 Å². The molecule has 0 bridgehead atoms. The molecule has 10 heteroatoms. The van der Waals surface area contributed by atoms with Gasteiger partial charge >= 0.3 is 0 Å². The molecule has 4 rings (SSSR count). The number of aryl methyl sites for hydroxylation is 3. The quantitative estimate of drug-likeness (QED) is 0.356. The first-order chi connectivity index (χ1) is 16.7. The van der Waals surface area contributed by atoms with Crippen molar-refractivity contribution in [2.75, 3.05) is 4.72 Å². The predicted octanol–water partition coefficient (Wildman–Crippen LogP) is 3.55. The number of imidazole rings is 1. The number of aromatic nitrogens is 2. The number of nitrogens with zero attached hydrogens (tertiary/aromatic N) is 2. The maximum atomic E-state index is 12.6. The molecule has 3 N–H and O–H groups in total. The summed E-state index contributed by atoms with van der Waals surface area (Å²) in [6.45, 7) is 6.60. The smallest absolute Gasteiger partial charge is 0.269 e. The van der Waals surface area contributed by atoms with Crippen molar-refractivity contribution in [2.45, 2.75) is 32.2 Å². The molecule has 0 aliphatic heterocycles. The average molecular weight is 492 g/mol. The van der Waals surface area contributed by atoms with Crippen LogP contribution in [0.4, 0.5) is 5.69 Å². The van der Waals surface area contributed by atoms with Crippen molar-refractivity contribution in [1.82, 2.24) is 20.4 Å². The number of hydrogen-bond acceptors (Lipinski definition) is 5. The molecule has 0 atom stereocenters. The van der Waals surface area contributed by atoms with Crippen molar-refractivity contribution in [3.05, 3.63) is 89.2 Å². The predicted molar refractivity (Wildman–Crippen MR) is 134 cm³/mol. The van der Waals surface area contributed by atoms with Gasteiger partial charge in [0, 0.05) is 23.4 Å². The topological polar surface area (TPSA) is 122 Å². The largest absolute Gasteiger partial charge is 0.329 e. The first kappa shape index (κ1) is 24.0. The Balaban J connectivity index is 1.39. The van der Waals surface area contributed by atoms with Gasteiger partial charge in [0.15, 0.2) is 0 Å². The summed E-state index contributed by atoms with van der Waals surface area (Å²) in [6, 6.07) is 17.5. The lowest BCUT2D eigenvalue weighted by atomic mass is 10.2. The van der Waals surface area contributed by atoms with Gasteiger partial charge in [-0.05, 0) is 75.4 Å². The number of rotatable bonds is 6. The van der Waals surface area contributed by atoms with E-state index in [0.29, 0.717) is 16.8 Å². The highest BCUT2D eigenvalue weighted by Gasteiger charge is 2.16. The van der Waals surface area contributed by atoms with Crippen molar-refractivity contribution >= 4 is 38.6 Å². The molecule has 35 heavy (non-hydrogen) atoms. The molecule has 0 saturated carbocycles. The van der Waals surface area contributed by atoms with Crippen LogP contribution in [-0.2, 0) is 16.6 Å². The average Bonchev–Trinajstić information content (AvgIpc) is 3.17. The first-order valence-corrected chi connectivity index (χ1v) is 12.4. The summed E-state index contributed by atoms with van der Waals surface area (Å²) in [4.78, 5) is 29.5. The van der Waals surface area contributed by atoms with E-state index in [0.717, 1.165) is 23.4 Å². The number of nitrogens with one attached hydrogen (secondary N) is 3. The van der Waals surface area contributed by atoms with Crippen LogP contribution in [0.15, 0.2) is 71.6 Å². The van der Waals surface area contributed by atoms with Gasteiger partial charge in [-0.1, -0.05) is 17.7 Å². The van der Waals surface area contributed by atoms with Crippen LogP contribution in [0.5, 0.6) is 0 Å². The van der Waals surface area contributed by atoms with Crippen molar-refractivity contribution in [1.29, 1.82) is 0 Å². The molecule has 2 amide bonds. The fourth-order valence-electron chi connectivity index (χ4n) is 3.67. The molecule has 0 radical (unpaired) electrons. The van der Waals surface area contributed by atoms with Crippen molar-refractivity contribution in [2.24, 2.45) is 0 Å². The van der Waals surface area contributed by atoms with E-state index in [2.05, 4.69) is 20.6 Å². The highest BCUT2D eigenvalue weighted by Crippen LogP contribution is 2.19. The van der Waals surface area contributed by atoms with Gasteiger partial charge in [-0.15, -0.1) is 0 Å². The van der Waals surface area contributed by atoms with E-state index in [1.807, 2.05) is 31.4 Å². The second-order valence-corrected chi connectivity index (χ2v) is 9.69. The van der Waals surface area contributed by atoms with Crippen LogP contribution in [0, 0.1) is 13.8 Å². The number of sulfonamides is 1. The minimum Gasteiger partial charge on any atom is -0.329 e. The summed E-state index contributed by atoms with van der Waals surface area (Å²) >= 11 is 0. The van der Waals surface area contributed by atoms with Gasteiger partial charge in [0.2, 0.25) is 0 Å². The minimum atomic E-state index is -3.81. The van der Waals surface area contributed by atoms with E-state index in [9.17, 15) is 18.0 Å². The van der Waals surface area contributed by atoms with Crippen LogP contribution in [0.3, 0.4) is 0 Å². The van der Waals surface area contributed by atoms with Crippen LogP contribution >= 0.6 is 0 Å². The number of anilines is 1. The van der Waals surface area contributed by atoms with Crippen LogP contribution in [0.25, 0.3) is 11.0 Å². The molecule has 1 heterocycles. The molecule has 180 valence electrons. The van der Waals surface area contributed by atoms with Gasteiger partial charge < -0.3 is 4.57 Å². The van der Waals surface area contributed by atoms with Crippen LogP contribution in [0.2, 0.25) is 0 Å². The third-order valence-corrected chi connectivity index (χ3v) is 6.93. The van der Waals surface area contributed by atoms with E-state index in [4.69, 9.17) is 0 Å². The van der Waals surface area contributed by atoms with Crippen LogP contribution < -0.4 is 15.6 Å². The molecular formula is C25H25N5O4S. The SMILES string of the molecule is CCn1c(C)nc2cc(C(=O)NNC(=O)c3ccc(S(=O)(=O)Nc4ccc(C)cc4)cc3)ccc21. The molecule has 0 fully saturated rings. The zero-order chi connectivity index (χ0) is 25.2. The Morgan fingerprint density at radius 1 is 0.857 bits per heavy atom. The zero-order valence-electron chi connectivity index (χ0n) is 19.5. The molecule has 0 aliphatic rings. The lowest BCUT2D eigenvalue weighted by Crippen LogP contribution is -2.41. The van der Waals surface area contributed by atoms with Crippen LogP contribution in [-0.4, -0.2) is 29.8 Å². The lowest BCUT2D eigenvalue weighted by molar-refractivity contribution is 0.0846. The van der Waals surface area contributed by atoms with E-state index in [1.54, 1.807) is 36.4 Å². The molecule has 0 saturated heterocycles. The summed E-state index contributed by atoms with van der Waals surface area (Å²) in [6.07, 6.45) is 0. The van der Waals surface area contributed by atoms with Gasteiger partial charge in [-0.3, -0.25) is 25.2 Å². The highest BCUT2D eigenvalue weighted by molar-refractivity contribution is 7.92. The number of hydrazine groups is 1. The fraction of sp³-hybridized carbons (Fsp3) is 0.160. The second kappa shape index (κ2) is 9.59. The number of benzene rings is 3. The highest BCUT2D eigenvalue weighted by atomic mass is 32.2. The first-order valence-electron chi connectivity index (χ1n) is 10.9. The summed E-state index contributed by atoms with van der Waals surface area (Å²) in [7, 11) is -3.81. The van der Waals surface area contributed by atoms with Crippen LogP contribution in [0.1, 0.15) is 39.0 Å². The molecule has 0 unspecified atom stereocenters. The second-order valence-electron chi connectivity index (χ2n) is 8.01. The van der Waals surface area contributed by atoms with Gasteiger partial charge in [0.05, 0.1) is 15.9 Å². The van der Waals surface area contributed by atoms with E-state index >= 15 is 0 Å². The monoisotopic (exact) mass is 491 g/mol. The minimum absolute atomic E-state index is 0.00812. The van der Waals surface area contributed by atoms with Crippen molar-refractivity contribution < 1.29 is 18.0 Å². The number of amides is 2. The molecule has 9 nitrogen and oxygen atoms in total. The number of fused-ring (bicyclic) bond motifs is 1. The third-order valence-electron chi connectivity index (χ3n) is 5.54. The maximum absolute atomic E-state index is 12.6. The standard InChI is InChI=1S/C25H25N5O4S/c1-4-30-17(3)26-22-15-19(9-14-23(22)30)25(32)28-27-24(31)18-7-12-21(13-8-18)35(33,34)29-20-10-5-16(2)6-11-20/h5-15,29H,4H2,1-3H3,(H,27,31)(H,28,32). The normalized spacial score (nSPS) is 11.3. The molecular weight excluding hydrogens is 466 g/mol. The summed E-state index contributed by atoms with van der Waals surface area (Å²) in [5.41, 5.74) is 8.33. The molecule has 4 aromatic rings. The summed E-state index contributed by atoms with van der Waals surface area (Å²) < 4.78 is 29.7. The Hall–Kier alpha value is -4.18. The van der Waals surface area contributed by atoms with Gasteiger partial charge in [0.25, 0.3) is 21.8 Å². The Kier molecular flexibility index (Phi) is 6.57. The van der Waals surface area contributed by atoms with Crippen molar-refractivity contribution in [3.8, 4) is 0 Å². The summed E-state index contributed by atoms with van der Waals surface area (Å²) in [5.74, 6) is -0.223. The maximum Gasteiger partial charge on any atom is 0.269 e. The molecule has 0 aliphatic carbocycles. The Bertz CT molecular complexity index is 1510. The Morgan fingerprint density at radius 2 is 1.46 bits per heavy atom. The van der Waals surface area contributed by atoms with Gasteiger partial charge in [-0.2, -0.15) is 0 Å². The number of hydrogen-bond donors (Lipinski definition) is 3. The Morgan fingerprint density at radius 3 is 2.09 bits per heavy atom. The van der Waals surface area contributed by atoms with Gasteiger partial charge in [-0.25, -0.2) is 13.4 Å². The van der Waals surface area contributed by atoms with E-state index < -0.39 is 21.8 Å². The molecule has 1 aromatic heterocycles. The molecule has 0 spiro atoms. The lowest BCUT2D eigenvalue weighted by Gasteiger charge is -2.10. The molecule has 3 aromatic carbocycles. The third kappa shape index (κ3) is 5.17. The zero-order valence-corrected chi connectivity index (χ0v) is 20.3. The van der Waals surface area contributed by atoms with Gasteiger partial charge in [0.1, 0.15) is 5.82 Å². The van der Waals surface area contributed by atoms with Crippen molar-refractivity contribution in [3.63, 3.8) is 0 Å². The van der Waals surface area contributed by atoms with E-state index in [1.165, 1.54) is 24.3 Å². The summed E-state index contributed by atoms with van der Waals surface area (Å²) in [5, 5.41) is 0. The van der Waals surface area contributed by atoms with E-state index in [-0.39, 0.29) is 10.5 Å². The number of carbonyl (C=O) groups is 2.